The van der Waals surface area contributed by atoms with Crippen molar-refractivity contribution in [2.24, 2.45) is 0 Å². The maximum Gasteiger partial charge on any atom is 0.266 e. The van der Waals surface area contributed by atoms with E-state index in [0.717, 1.165) is 11.0 Å². The largest absolute Gasteiger partial charge is 0.453 e. The molecule has 0 saturated heterocycles. The standard InChI is InChI=1S/C15H12F3N5O2/c16-10-3-1-2-4-12(10)25-9-5-6-11(19-7-9)13(14(24)15(17)18)23-8-20-21-22-23/h1-8,13-15,24H. The fourth-order valence-electron chi connectivity index (χ4n) is 2.18. The second-order valence-electron chi connectivity index (χ2n) is 5.01. The van der Waals surface area contributed by atoms with Gasteiger partial charge in [-0.25, -0.2) is 17.9 Å². The molecule has 0 bridgehead atoms. The minimum absolute atomic E-state index is 0.00157. The molecule has 130 valence electrons. The Morgan fingerprint density at radius 2 is 1.92 bits per heavy atom. The van der Waals surface area contributed by atoms with Crippen molar-refractivity contribution in [2.75, 3.05) is 0 Å². The van der Waals surface area contributed by atoms with Crippen LogP contribution in [0.15, 0.2) is 48.9 Å². The lowest BCUT2D eigenvalue weighted by Crippen LogP contribution is -2.32. The van der Waals surface area contributed by atoms with Crippen LogP contribution in [-0.2, 0) is 0 Å². The molecule has 10 heteroatoms. The van der Waals surface area contributed by atoms with Crippen molar-refractivity contribution in [3.63, 3.8) is 0 Å². The third-order valence-electron chi connectivity index (χ3n) is 3.36. The van der Waals surface area contributed by atoms with Crippen molar-refractivity contribution in [3.05, 3.63) is 60.4 Å². The number of alkyl halides is 2. The summed E-state index contributed by atoms with van der Waals surface area (Å²) in [6.07, 6.45) is -2.75. The molecule has 0 fully saturated rings. The minimum Gasteiger partial charge on any atom is -0.453 e. The van der Waals surface area contributed by atoms with E-state index in [4.69, 9.17) is 4.74 Å². The molecule has 2 aromatic heterocycles. The molecule has 3 aromatic rings. The first-order valence-corrected chi connectivity index (χ1v) is 7.13. The molecule has 0 amide bonds. The van der Waals surface area contributed by atoms with E-state index in [9.17, 15) is 18.3 Å². The summed E-state index contributed by atoms with van der Waals surface area (Å²) in [6, 6.07) is 7.31. The second kappa shape index (κ2) is 7.26. The summed E-state index contributed by atoms with van der Waals surface area (Å²) in [5, 5.41) is 20.1. The summed E-state index contributed by atoms with van der Waals surface area (Å²) in [4.78, 5) is 4.01. The number of aromatic nitrogens is 5. The lowest BCUT2D eigenvalue weighted by Gasteiger charge is -2.21. The number of ether oxygens (including phenoxy) is 1. The number of tetrazole rings is 1. The monoisotopic (exact) mass is 351 g/mol. The van der Waals surface area contributed by atoms with Gasteiger partial charge in [-0.15, -0.1) is 5.10 Å². The Bertz CT molecular complexity index is 814. The van der Waals surface area contributed by atoms with Crippen LogP contribution in [0.2, 0.25) is 0 Å². The molecule has 1 N–H and O–H groups in total. The number of nitrogens with zero attached hydrogens (tertiary/aromatic N) is 5. The Morgan fingerprint density at radius 3 is 2.52 bits per heavy atom. The number of pyridine rings is 1. The maximum atomic E-state index is 13.6. The van der Waals surface area contributed by atoms with Crippen LogP contribution in [0.25, 0.3) is 0 Å². The average molecular weight is 351 g/mol. The maximum absolute atomic E-state index is 13.6. The van der Waals surface area contributed by atoms with E-state index in [1.165, 1.54) is 36.5 Å². The molecule has 2 unspecified atom stereocenters. The molecule has 0 saturated carbocycles. The van der Waals surface area contributed by atoms with Crippen molar-refractivity contribution in [2.45, 2.75) is 18.6 Å². The molecular weight excluding hydrogens is 339 g/mol. The summed E-state index contributed by atoms with van der Waals surface area (Å²) in [6.45, 7) is 0. The average Bonchev–Trinajstić information content (AvgIpc) is 3.12. The highest BCUT2D eigenvalue weighted by Gasteiger charge is 2.32. The molecule has 0 spiro atoms. The van der Waals surface area contributed by atoms with Gasteiger partial charge in [0.15, 0.2) is 11.6 Å². The van der Waals surface area contributed by atoms with Crippen LogP contribution in [-0.4, -0.2) is 42.8 Å². The van der Waals surface area contributed by atoms with E-state index in [0.29, 0.717) is 0 Å². The first kappa shape index (κ1) is 16.8. The van der Waals surface area contributed by atoms with Crippen LogP contribution in [0, 0.1) is 5.82 Å². The van der Waals surface area contributed by atoms with Gasteiger partial charge in [0.1, 0.15) is 24.2 Å². The second-order valence-corrected chi connectivity index (χ2v) is 5.01. The smallest absolute Gasteiger partial charge is 0.266 e. The van der Waals surface area contributed by atoms with Gasteiger partial charge in [-0.2, -0.15) is 0 Å². The lowest BCUT2D eigenvalue weighted by atomic mass is 10.1. The molecule has 0 radical (unpaired) electrons. The predicted octanol–water partition coefficient (Wildman–Crippen LogP) is 2.21. The van der Waals surface area contributed by atoms with Crippen molar-refractivity contribution in [1.82, 2.24) is 25.2 Å². The fourth-order valence-corrected chi connectivity index (χ4v) is 2.18. The summed E-state index contributed by atoms with van der Waals surface area (Å²) < 4.78 is 45.8. The summed E-state index contributed by atoms with van der Waals surface area (Å²) in [5.74, 6) is -0.344. The predicted molar refractivity (Wildman–Crippen MR) is 78.7 cm³/mol. The van der Waals surface area contributed by atoms with E-state index in [2.05, 4.69) is 20.5 Å². The van der Waals surface area contributed by atoms with Crippen molar-refractivity contribution >= 4 is 0 Å². The summed E-state index contributed by atoms with van der Waals surface area (Å²) in [5.41, 5.74) is 0.0981. The number of hydrogen-bond donors (Lipinski definition) is 1. The van der Waals surface area contributed by atoms with Gasteiger partial charge < -0.3 is 9.84 Å². The zero-order valence-corrected chi connectivity index (χ0v) is 12.6. The van der Waals surface area contributed by atoms with E-state index < -0.39 is 24.4 Å². The van der Waals surface area contributed by atoms with Crippen LogP contribution in [0.1, 0.15) is 11.7 Å². The van der Waals surface area contributed by atoms with Crippen LogP contribution in [0.3, 0.4) is 0 Å². The number of aliphatic hydroxyl groups excluding tert-OH is 1. The molecule has 1 aromatic carbocycles. The van der Waals surface area contributed by atoms with E-state index in [1.807, 2.05) is 0 Å². The van der Waals surface area contributed by atoms with Crippen LogP contribution >= 0.6 is 0 Å². The third-order valence-corrected chi connectivity index (χ3v) is 3.36. The highest BCUT2D eigenvalue weighted by molar-refractivity contribution is 5.31. The number of halogens is 3. The van der Waals surface area contributed by atoms with Gasteiger partial charge in [-0.1, -0.05) is 12.1 Å². The molecule has 2 atom stereocenters. The molecule has 3 rings (SSSR count). The highest BCUT2D eigenvalue weighted by atomic mass is 19.3. The van der Waals surface area contributed by atoms with E-state index in [-0.39, 0.29) is 17.2 Å². The van der Waals surface area contributed by atoms with Crippen molar-refractivity contribution in [3.8, 4) is 11.5 Å². The number of benzene rings is 1. The van der Waals surface area contributed by atoms with Gasteiger partial charge in [-0.3, -0.25) is 4.98 Å². The quantitative estimate of drug-likeness (QED) is 0.733. The molecule has 2 heterocycles. The van der Waals surface area contributed by atoms with Gasteiger partial charge in [0.2, 0.25) is 0 Å². The van der Waals surface area contributed by atoms with Crippen molar-refractivity contribution < 1.29 is 23.0 Å². The Kier molecular flexibility index (Phi) is 4.89. The molecule has 0 aliphatic heterocycles. The van der Waals surface area contributed by atoms with Gasteiger partial charge in [0, 0.05) is 0 Å². The Balaban J connectivity index is 1.85. The first-order valence-electron chi connectivity index (χ1n) is 7.13. The Morgan fingerprint density at radius 1 is 1.12 bits per heavy atom. The zero-order chi connectivity index (χ0) is 17.8. The number of para-hydroxylation sites is 1. The topological polar surface area (TPSA) is 86.0 Å². The molecular formula is C15H12F3N5O2. The Hall–Kier alpha value is -3.01. The lowest BCUT2D eigenvalue weighted by molar-refractivity contribution is -0.0292. The van der Waals surface area contributed by atoms with Crippen LogP contribution < -0.4 is 4.74 Å². The van der Waals surface area contributed by atoms with E-state index >= 15 is 0 Å². The molecule has 0 aliphatic carbocycles. The van der Waals surface area contributed by atoms with Crippen LogP contribution in [0.4, 0.5) is 13.2 Å². The molecule has 7 nitrogen and oxygen atoms in total. The van der Waals surface area contributed by atoms with E-state index in [1.54, 1.807) is 6.07 Å². The van der Waals surface area contributed by atoms with Gasteiger partial charge in [0.05, 0.1) is 11.9 Å². The van der Waals surface area contributed by atoms with Crippen molar-refractivity contribution in [1.29, 1.82) is 0 Å². The summed E-state index contributed by atoms with van der Waals surface area (Å²) >= 11 is 0. The van der Waals surface area contributed by atoms with Gasteiger partial charge >= 0.3 is 0 Å². The zero-order valence-electron chi connectivity index (χ0n) is 12.6. The number of rotatable bonds is 6. The van der Waals surface area contributed by atoms with Crippen LogP contribution in [0.5, 0.6) is 11.5 Å². The fraction of sp³-hybridized carbons (Fsp3) is 0.200. The van der Waals surface area contributed by atoms with Gasteiger partial charge in [0.25, 0.3) is 6.43 Å². The SMILES string of the molecule is OC(C(F)F)C(c1ccc(Oc2ccccc2F)cn1)n1cnnn1. The number of aliphatic hydroxyl groups is 1. The number of hydrogen-bond acceptors (Lipinski definition) is 6. The highest BCUT2D eigenvalue weighted by Crippen LogP contribution is 2.27. The Labute approximate surface area is 139 Å². The first-order chi connectivity index (χ1) is 12.1. The third kappa shape index (κ3) is 3.74. The molecule has 0 aliphatic rings. The van der Waals surface area contributed by atoms with Gasteiger partial charge in [-0.05, 0) is 34.7 Å². The normalized spacial score (nSPS) is 13.6. The molecule has 25 heavy (non-hydrogen) atoms. The summed E-state index contributed by atoms with van der Waals surface area (Å²) in [7, 11) is 0. The minimum atomic E-state index is -3.02.